The number of esters is 1. The molecule has 1 aromatic rings. The summed E-state index contributed by atoms with van der Waals surface area (Å²) in [7, 11) is 1.77. The fourth-order valence-corrected chi connectivity index (χ4v) is 2.64. The van der Waals surface area contributed by atoms with Crippen LogP contribution in [0, 0.1) is 23.3 Å². The Morgan fingerprint density at radius 1 is 0.684 bits per heavy atom. The molecule has 0 heterocycles. The van der Waals surface area contributed by atoms with Crippen molar-refractivity contribution in [3.8, 4) is 5.75 Å². The summed E-state index contributed by atoms with van der Waals surface area (Å²) in [5.74, 6) is -9.45. The maximum absolute atomic E-state index is 13.5. The van der Waals surface area contributed by atoms with Crippen molar-refractivity contribution < 1.29 is 55.6 Å². The van der Waals surface area contributed by atoms with E-state index in [0.717, 1.165) is 0 Å². The van der Waals surface area contributed by atoms with Crippen molar-refractivity contribution in [3.05, 3.63) is 29.3 Å². The Morgan fingerprint density at radius 3 is 1.45 bits per heavy atom. The third-order valence-corrected chi connectivity index (χ3v) is 5.07. The molecule has 1 aromatic carbocycles. The summed E-state index contributed by atoms with van der Waals surface area (Å²) in [4.78, 5) is 25.3. The fraction of sp³-hybridized carbons (Fsp3) is 0.680. The van der Waals surface area contributed by atoms with Crippen LogP contribution < -0.4 is 4.74 Å². The first-order chi connectivity index (χ1) is 17.9. The Bertz CT molecular complexity index is 840. The Labute approximate surface area is 220 Å². The predicted octanol–water partition coefficient (Wildman–Crippen LogP) is 3.27. The summed E-state index contributed by atoms with van der Waals surface area (Å²) in [6, 6.07) is 0.0165. The third-order valence-electron chi connectivity index (χ3n) is 5.07. The topological polar surface area (TPSA) is 92.8 Å². The standard InChI is InChI=1S/C25H37F4NO8/c1-25(2,3)30(4)20(31)5-7-33-9-11-35-13-15-37-16-14-36-12-10-34-8-6-21(32)38-24-22(28)18(26)17-19(27)23(24)29/h17H,5-16H2,1-4H3. The van der Waals surface area contributed by atoms with Crippen LogP contribution >= 0.6 is 0 Å². The third kappa shape index (κ3) is 13.5. The van der Waals surface area contributed by atoms with Crippen LogP contribution in [0.4, 0.5) is 17.6 Å². The van der Waals surface area contributed by atoms with Crippen molar-refractivity contribution in [3.63, 3.8) is 0 Å². The normalized spacial score (nSPS) is 11.6. The molecule has 0 bridgehead atoms. The zero-order chi connectivity index (χ0) is 28.6. The number of carbonyl (C=O) groups is 2. The quantitative estimate of drug-likeness (QED) is 0.0845. The molecule has 1 rings (SSSR count). The number of nitrogens with zero attached hydrogens (tertiary/aromatic N) is 1. The van der Waals surface area contributed by atoms with E-state index in [0.29, 0.717) is 52.7 Å². The molecule has 0 saturated heterocycles. The van der Waals surface area contributed by atoms with Crippen LogP contribution in [0.5, 0.6) is 5.75 Å². The first-order valence-electron chi connectivity index (χ1n) is 12.1. The number of amides is 1. The molecule has 0 aromatic heterocycles. The summed E-state index contributed by atoms with van der Waals surface area (Å²) in [5.41, 5.74) is -0.221. The molecule has 0 atom stereocenters. The summed E-state index contributed by atoms with van der Waals surface area (Å²) in [5, 5.41) is 0. The highest BCUT2D eigenvalue weighted by atomic mass is 19.2. The molecule has 0 saturated carbocycles. The van der Waals surface area contributed by atoms with E-state index in [1.54, 1.807) is 11.9 Å². The average Bonchev–Trinajstić information content (AvgIpc) is 2.86. The molecule has 38 heavy (non-hydrogen) atoms. The van der Waals surface area contributed by atoms with E-state index < -0.39 is 41.4 Å². The molecule has 0 aliphatic heterocycles. The largest absolute Gasteiger partial charge is 0.420 e. The van der Waals surface area contributed by atoms with Gasteiger partial charge in [0.25, 0.3) is 0 Å². The number of halogens is 4. The molecule has 0 unspecified atom stereocenters. The summed E-state index contributed by atoms with van der Waals surface area (Å²) >= 11 is 0. The van der Waals surface area contributed by atoms with Gasteiger partial charge in [0.1, 0.15) is 0 Å². The van der Waals surface area contributed by atoms with Gasteiger partial charge in [-0.1, -0.05) is 0 Å². The van der Waals surface area contributed by atoms with Gasteiger partial charge in [0.15, 0.2) is 11.6 Å². The van der Waals surface area contributed by atoms with Gasteiger partial charge in [-0.2, -0.15) is 8.78 Å². The summed E-state index contributed by atoms with van der Waals surface area (Å²) in [6.45, 7) is 8.57. The first kappa shape index (κ1) is 33.7. The highest BCUT2D eigenvalue weighted by Gasteiger charge is 2.23. The van der Waals surface area contributed by atoms with Gasteiger partial charge in [-0.15, -0.1) is 0 Å². The highest BCUT2D eigenvalue weighted by molar-refractivity contribution is 5.76. The maximum atomic E-state index is 13.5. The van der Waals surface area contributed by atoms with Crippen LogP contribution in [0.2, 0.25) is 0 Å². The maximum Gasteiger partial charge on any atom is 0.313 e. The average molecular weight is 556 g/mol. The number of hydrogen-bond acceptors (Lipinski definition) is 8. The molecule has 218 valence electrons. The molecule has 0 aliphatic rings. The van der Waals surface area contributed by atoms with E-state index in [1.807, 2.05) is 20.8 Å². The van der Waals surface area contributed by atoms with E-state index in [-0.39, 0.29) is 37.3 Å². The van der Waals surface area contributed by atoms with Gasteiger partial charge in [0.05, 0.1) is 78.9 Å². The Balaban J connectivity index is 1.91. The molecule has 0 radical (unpaired) electrons. The SMILES string of the molecule is CN(C(=O)CCOCCOCCOCCOCCOCCC(=O)Oc1c(F)c(F)cc(F)c1F)C(C)(C)C. The van der Waals surface area contributed by atoms with Gasteiger partial charge in [0, 0.05) is 18.7 Å². The summed E-state index contributed by atoms with van der Waals surface area (Å²) in [6.07, 6.45) is -0.0758. The number of rotatable bonds is 19. The second-order valence-corrected chi connectivity index (χ2v) is 8.96. The first-order valence-corrected chi connectivity index (χ1v) is 12.1. The van der Waals surface area contributed by atoms with Crippen molar-refractivity contribution in [1.29, 1.82) is 0 Å². The molecule has 9 nitrogen and oxygen atoms in total. The van der Waals surface area contributed by atoms with Gasteiger partial charge in [-0.3, -0.25) is 9.59 Å². The molecule has 0 spiro atoms. The monoisotopic (exact) mass is 555 g/mol. The Morgan fingerprint density at radius 2 is 1.05 bits per heavy atom. The van der Waals surface area contributed by atoms with E-state index in [2.05, 4.69) is 4.74 Å². The van der Waals surface area contributed by atoms with Crippen molar-refractivity contribution in [2.45, 2.75) is 39.2 Å². The van der Waals surface area contributed by atoms with Crippen LogP contribution in [0.3, 0.4) is 0 Å². The molecule has 1 amide bonds. The van der Waals surface area contributed by atoms with Crippen molar-refractivity contribution in [1.82, 2.24) is 4.90 Å². The number of ether oxygens (including phenoxy) is 6. The minimum absolute atomic E-state index is 0.0165. The molecule has 0 N–H and O–H groups in total. The second-order valence-electron chi connectivity index (χ2n) is 8.96. The lowest BCUT2D eigenvalue weighted by molar-refractivity contribution is -0.136. The Hall–Kier alpha value is -2.32. The van der Waals surface area contributed by atoms with Crippen molar-refractivity contribution in [2.75, 3.05) is 73.1 Å². The van der Waals surface area contributed by atoms with Gasteiger partial charge >= 0.3 is 5.97 Å². The van der Waals surface area contributed by atoms with Crippen LogP contribution in [0.15, 0.2) is 6.07 Å². The zero-order valence-corrected chi connectivity index (χ0v) is 22.3. The molecule has 0 fully saturated rings. The van der Waals surface area contributed by atoms with Crippen molar-refractivity contribution in [2.24, 2.45) is 0 Å². The Kier molecular flexibility index (Phi) is 16.0. The minimum atomic E-state index is -1.79. The fourth-order valence-electron chi connectivity index (χ4n) is 2.64. The number of benzene rings is 1. The number of carbonyl (C=O) groups excluding carboxylic acids is 2. The van der Waals surface area contributed by atoms with Gasteiger partial charge in [-0.25, -0.2) is 8.78 Å². The van der Waals surface area contributed by atoms with E-state index in [4.69, 9.17) is 23.7 Å². The highest BCUT2D eigenvalue weighted by Crippen LogP contribution is 2.26. The van der Waals surface area contributed by atoms with Gasteiger partial charge in [0.2, 0.25) is 23.3 Å². The van der Waals surface area contributed by atoms with Crippen LogP contribution in [-0.2, 0) is 33.3 Å². The molecule has 0 aliphatic carbocycles. The van der Waals surface area contributed by atoms with Crippen LogP contribution in [-0.4, -0.2) is 95.4 Å². The van der Waals surface area contributed by atoms with E-state index in [9.17, 15) is 27.2 Å². The van der Waals surface area contributed by atoms with E-state index >= 15 is 0 Å². The lowest BCUT2D eigenvalue weighted by Crippen LogP contribution is -2.42. The lowest BCUT2D eigenvalue weighted by Gasteiger charge is -2.32. The summed E-state index contributed by atoms with van der Waals surface area (Å²) < 4.78 is 84.0. The van der Waals surface area contributed by atoms with Crippen LogP contribution in [0.1, 0.15) is 33.6 Å². The zero-order valence-electron chi connectivity index (χ0n) is 22.3. The smallest absolute Gasteiger partial charge is 0.313 e. The second kappa shape index (κ2) is 18.1. The molecular formula is C25H37F4NO8. The molecule has 13 heteroatoms. The number of hydrogen-bond donors (Lipinski definition) is 0. The lowest BCUT2D eigenvalue weighted by atomic mass is 10.1. The van der Waals surface area contributed by atoms with Gasteiger partial charge < -0.3 is 33.3 Å². The molecular weight excluding hydrogens is 518 g/mol. The minimum Gasteiger partial charge on any atom is -0.420 e. The van der Waals surface area contributed by atoms with Gasteiger partial charge in [-0.05, 0) is 20.8 Å². The van der Waals surface area contributed by atoms with Crippen LogP contribution in [0.25, 0.3) is 0 Å². The van der Waals surface area contributed by atoms with Crippen molar-refractivity contribution >= 4 is 11.9 Å². The van der Waals surface area contributed by atoms with E-state index in [1.165, 1.54) is 0 Å². The predicted molar refractivity (Wildman–Crippen MR) is 128 cm³/mol.